The van der Waals surface area contributed by atoms with Gasteiger partial charge in [-0.15, -0.1) is 0 Å². The van der Waals surface area contributed by atoms with E-state index in [9.17, 15) is 5.26 Å². The fourth-order valence-electron chi connectivity index (χ4n) is 5.00. The molecule has 8 heteroatoms. The number of hydrogen-bond donors (Lipinski definition) is 1. The Labute approximate surface area is 179 Å². The smallest absolute Gasteiger partial charge is 0.129 e. The lowest BCUT2D eigenvalue weighted by Gasteiger charge is -2.36. The third-order valence-electron chi connectivity index (χ3n) is 6.47. The van der Waals surface area contributed by atoms with Crippen LogP contribution in [0.4, 0.5) is 5.82 Å². The van der Waals surface area contributed by atoms with E-state index in [1.807, 2.05) is 31.8 Å². The van der Waals surface area contributed by atoms with Crippen LogP contribution in [0.25, 0.3) is 27.8 Å². The fraction of sp³-hybridized carbons (Fsp3) is 0.304. The number of anilines is 1. The molecule has 2 unspecified atom stereocenters. The van der Waals surface area contributed by atoms with Crippen LogP contribution in [0.3, 0.4) is 0 Å². The van der Waals surface area contributed by atoms with Crippen LogP contribution in [0.15, 0.2) is 49.2 Å². The highest BCUT2D eigenvalue weighted by Crippen LogP contribution is 2.34. The first-order chi connectivity index (χ1) is 15.2. The van der Waals surface area contributed by atoms with E-state index >= 15 is 0 Å². The summed E-state index contributed by atoms with van der Waals surface area (Å²) >= 11 is 0. The van der Waals surface area contributed by atoms with Gasteiger partial charge in [-0.1, -0.05) is 0 Å². The van der Waals surface area contributed by atoms with Gasteiger partial charge in [0.15, 0.2) is 0 Å². The van der Waals surface area contributed by atoms with Crippen LogP contribution < -0.4 is 10.2 Å². The number of aryl methyl sites for hydroxylation is 1. The molecule has 154 valence electrons. The van der Waals surface area contributed by atoms with Crippen LogP contribution in [0, 0.1) is 11.3 Å². The SMILES string of the molecule is Cn1cc(-c2cc(-c3ccc(N4C5CCC4CNC5)nc3)c3c(C#N)cnn3c2)cn1. The molecule has 8 nitrogen and oxygen atoms in total. The van der Waals surface area contributed by atoms with Crippen molar-refractivity contribution < 1.29 is 0 Å². The summed E-state index contributed by atoms with van der Waals surface area (Å²) in [5, 5.41) is 21.9. The fourth-order valence-corrected chi connectivity index (χ4v) is 5.00. The second-order valence-corrected chi connectivity index (χ2v) is 8.36. The summed E-state index contributed by atoms with van der Waals surface area (Å²) in [5.74, 6) is 1.03. The van der Waals surface area contributed by atoms with Crippen molar-refractivity contribution in [3.05, 3.63) is 54.7 Å². The van der Waals surface area contributed by atoms with Gasteiger partial charge in [0.05, 0.1) is 23.5 Å². The lowest BCUT2D eigenvalue weighted by molar-refractivity contribution is 0.481. The first-order valence-corrected chi connectivity index (χ1v) is 10.6. The second-order valence-electron chi connectivity index (χ2n) is 8.36. The number of fused-ring (bicyclic) bond motifs is 3. The average molecular weight is 410 g/mol. The molecule has 2 bridgehead atoms. The van der Waals surface area contributed by atoms with Gasteiger partial charge in [0.1, 0.15) is 11.9 Å². The Morgan fingerprint density at radius 3 is 2.52 bits per heavy atom. The molecule has 4 aromatic heterocycles. The quantitative estimate of drug-likeness (QED) is 0.559. The zero-order chi connectivity index (χ0) is 20.9. The predicted molar refractivity (Wildman–Crippen MR) is 117 cm³/mol. The molecule has 6 heterocycles. The Kier molecular flexibility index (Phi) is 4.04. The molecule has 6 rings (SSSR count). The van der Waals surface area contributed by atoms with Crippen molar-refractivity contribution in [1.29, 1.82) is 5.26 Å². The average Bonchev–Trinajstić information content (AvgIpc) is 3.48. The zero-order valence-electron chi connectivity index (χ0n) is 17.2. The van der Waals surface area contributed by atoms with Crippen molar-refractivity contribution in [3.8, 4) is 28.3 Å². The summed E-state index contributed by atoms with van der Waals surface area (Å²) in [6, 6.07) is 9.64. The number of nitriles is 1. The molecule has 2 aliphatic rings. The minimum Gasteiger partial charge on any atom is -0.348 e. The highest BCUT2D eigenvalue weighted by atomic mass is 15.3. The van der Waals surface area contributed by atoms with Crippen molar-refractivity contribution in [1.82, 2.24) is 29.7 Å². The Morgan fingerprint density at radius 1 is 1.00 bits per heavy atom. The lowest BCUT2D eigenvalue weighted by Crippen LogP contribution is -2.52. The minimum absolute atomic E-state index is 0.526. The zero-order valence-corrected chi connectivity index (χ0v) is 17.2. The van der Waals surface area contributed by atoms with Gasteiger partial charge < -0.3 is 10.2 Å². The molecule has 0 aliphatic carbocycles. The molecule has 2 saturated heterocycles. The molecule has 1 N–H and O–H groups in total. The van der Waals surface area contributed by atoms with Crippen molar-refractivity contribution >= 4 is 11.3 Å². The van der Waals surface area contributed by atoms with Crippen LogP contribution in [-0.4, -0.2) is 49.6 Å². The molecule has 31 heavy (non-hydrogen) atoms. The van der Waals surface area contributed by atoms with Crippen molar-refractivity contribution in [2.45, 2.75) is 24.9 Å². The molecule has 2 fully saturated rings. The number of pyridine rings is 2. The van der Waals surface area contributed by atoms with Crippen LogP contribution in [0.2, 0.25) is 0 Å². The standard InChI is InChI=1S/C23H22N8/c1-29-13-18(10-27-29)16-6-21(23-17(7-24)9-28-30(23)14-16)15-2-5-22(26-8-15)31-19-3-4-20(31)12-25-11-19/h2,5-6,8-10,13-14,19-20,25H,3-4,11-12H2,1H3. The summed E-state index contributed by atoms with van der Waals surface area (Å²) in [4.78, 5) is 7.32. The van der Waals surface area contributed by atoms with E-state index in [0.717, 1.165) is 46.7 Å². The molecule has 0 aromatic carbocycles. The first-order valence-electron chi connectivity index (χ1n) is 10.6. The van der Waals surface area contributed by atoms with Gasteiger partial charge in [-0.25, -0.2) is 9.50 Å². The van der Waals surface area contributed by atoms with Gasteiger partial charge in [0.25, 0.3) is 0 Å². The van der Waals surface area contributed by atoms with E-state index in [-0.39, 0.29) is 0 Å². The van der Waals surface area contributed by atoms with Gasteiger partial charge >= 0.3 is 0 Å². The maximum absolute atomic E-state index is 9.62. The van der Waals surface area contributed by atoms with E-state index < -0.39 is 0 Å². The molecular formula is C23H22N8. The van der Waals surface area contributed by atoms with Crippen LogP contribution in [0.1, 0.15) is 18.4 Å². The summed E-state index contributed by atoms with van der Waals surface area (Å²) < 4.78 is 3.56. The Balaban J connectivity index is 1.46. The van der Waals surface area contributed by atoms with E-state index in [2.05, 4.69) is 44.7 Å². The summed E-state index contributed by atoms with van der Waals surface area (Å²) in [5.41, 5.74) is 5.26. The highest BCUT2D eigenvalue weighted by Gasteiger charge is 2.37. The molecule has 0 radical (unpaired) electrons. The summed E-state index contributed by atoms with van der Waals surface area (Å²) in [6.07, 6.45) is 11.7. The van der Waals surface area contributed by atoms with Crippen LogP contribution in [0.5, 0.6) is 0 Å². The Hall–Kier alpha value is -3.70. The normalized spacial score (nSPS) is 20.3. The monoisotopic (exact) mass is 410 g/mol. The third kappa shape index (κ3) is 2.89. The number of nitrogens with zero attached hydrogens (tertiary/aromatic N) is 7. The number of nitrogens with one attached hydrogen (secondary N) is 1. The number of hydrogen-bond acceptors (Lipinski definition) is 6. The Morgan fingerprint density at radius 2 is 1.84 bits per heavy atom. The maximum Gasteiger partial charge on any atom is 0.129 e. The van der Waals surface area contributed by atoms with E-state index in [4.69, 9.17) is 4.98 Å². The third-order valence-corrected chi connectivity index (χ3v) is 6.47. The van der Waals surface area contributed by atoms with Crippen molar-refractivity contribution in [2.24, 2.45) is 7.05 Å². The topological polar surface area (TPSA) is 87.1 Å². The van der Waals surface area contributed by atoms with Crippen LogP contribution >= 0.6 is 0 Å². The molecule has 0 amide bonds. The van der Waals surface area contributed by atoms with Gasteiger partial charge in [-0.05, 0) is 31.0 Å². The highest BCUT2D eigenvalue weighted by molar-refractivity contribution is 5.87. The predicted octanol–water partition coefficient (Wildman–Crippen LogP) is 2.61. The van der Waals surface area contributed by atoms with Crippen LogP contribution in [-0.2, 0) is 7.05 Å². The second kappa shape index (κ2) is 6.93. The molecule has 2 aliphatic heterocycles. The molecule has 4 aromatic rings. The van der Waals surface area contributed by atoms with Gasteiger partial charge in [-0.3, -0.25) is 4.68 Å². The van der Waals surface area contributed by atoms with E-state index in [0.29, 0.717) is 17.6 Å². The van der Waals surface area contributed by atoms with Gasteiger partial charge in [0, 0.05) is 73.1 Å². The molecule has 0 saturated carbocycles. The maximum atomic E-state index is 9.62. The van der Waals surface area contributed by atoms with Crippen molar-refractivity contribution in [3.63, 3.8) is 0 Å². The van der Waals surface area contributed by atoms with Gasteiger partial charge in [0.2, 0.25) is 0 Å². The van der Waals surface area contributed by atoms with E-state index in [1.165, 1.54) is 12.8 Å². The largest absolute Gasteiger partial charge is 0.348 e. The van der Waals surface area contributed by atoms with E-state index in [1.54, 1.807) is 15.4 Å². The molecule has 0 spiro atoms. The number of piperazine rings is 1. The van der Waals surface area contributed by atoms with Gasteiger partial charge in [-0.2, -0.15) is 15.5 Å². The molecule has 2 atom stereocenters. The summed E-state index contributed by atoms with van der Waals surface area (Å²) in [6.45, 7) is 2.05. The lowest BCUT2D eigenvalue weighted by atomic mass is 10.0. The minimum atomic E-state index is 0.526. The van der Waals surface area contributed by atoms with Crippen molar-refractivity contribution in [2.75, 3.05) is 18.0 Å². The molecular weight excluding hydrogens is 388 g/mol. The first kappa shape index (κ1) is 18.1. The number of aromatic nitrogens is 5. The number of rotatable bonds is 3. The Bertz CT molecular complexity index is 1290. The summed E-state index contributed by atoms with van der Waals surface area (Å²) in [7, 11) is 1.90.